The number of aryl methyl sites for hydroxylation is 1. The summed E-state index contributed by atoms with van der Waals surface area (Å²) < 4.78 is 2.93. The molecule has 0 spiro atoms. The van der Waals surface area contributed by atoms with E-state index in [-0.39, 0.29) is 18.1 Å². The zero-order chi connectivity index (χ0) is 22.6. The van der Waals surface area contributed by atoms with Gasteiger partial charge in [-0.2, -0.15) is 0 Å². The maximum absolute atomic E-state index is 13.0. The Morgan fingerprint density at radius 3 is 2.28 bits per heavy atom. The molecular weight excluding hydrogens is 430 g/mol. The summed E-state index contributed by atoms with van der Waals surface area (Å²) >= 11 is 6.11. The van der Waals surface area contributed by atoms with Gasteiger partial charge in [0, 0.05) is 55.9 Å². The fourth-order valence-electron chi connectivity index (χ4n) is 5.26. The highest BCUT2D eigenvalue weighted by molar-refractivity contribution is 6.31. The first-order valence-electron chi connectivity index (χ1n) is 10.8. The Morgan fingerprint density at radius 1 is 1.00 bits per heavy atom. The van der Waals surface area contributed by atoms with E-state index in [1.54, 1.807) is 17.7 Å². The summed E-state index contributed by atoms with van der Waals surface area (Å²) in [5.41, 5.74) is 1.05. The van der Waals surface area contributed by atoms with Crippen LogP contribution < -0.4 is 16.0 Å². The summed E-state index contributed by atoms with van der Waals surface area (Å²) in [5, 5.41) is 0.433. The summed E-state index contributed by atoms with van der Waals surface area (Å²) in [4.78, 5) is 43.8. The van der Waals surface area contributed by atoms with Crippen LogP contribution >= 0.6 is 11.6 Å². The zero-order valence-electron chi connectivity index (χ0n) is 18.4. The van der Waals surface area contributed by atoms with Crippen molar-refractivity contribution in [2.75, 3.05) is 19.0 Å². The molecule has 0 aromatic carbocycles. The van der Waals surface area contributed by atoms with Gasteiger partial charge in [-0.15, -0.1) is 0 Å². The number of rotatable bonds is 4. The molecule has 2 bridgehead atoms. The van der Waals surface area contributed by atoms with Gasteiger partial charge in [0.15, 0.2) is 5.65 Å². The van der Waals surface area contributed by atoms with Crippen LogP contribution in [0.15, 0.2) is 34.2 Å². The molecule has 5 heterocycles. The molecule has 168 valence electrons. The summed E-state index contributed by atoms with van der Waals surface area (Å²) in [7, 11) is 5.62. The number of halogens is 1. The maximum atomic E-state index is 13.0. The molecule has 3 aromatic rings. The Kier molecular flexibility index (Phi) is 5.25. The molecule has 5 rings (SSSR count). The molecule has 2 aliphatic heterocycles. The molecule has 3 atom stereocenters. The Morgan fingerprint density at radius 2 is 1.66 bits per heavy atom. The molecule has 0 radical (unpaired) electrons. The van der Waals surface area contributed by atoms with Crippen molar-refractivity contribution in [3.63, 3.8) is 0 Å². The number of anilines is 1. The van der Waals surface area contributed by atoms with Gasteiger partial charge in [-0.05, 0) is 45.8 Å². The quantitative estimate of drug-likeness (QED) is 0.555. The molecule has 0 unspecified atom stereocenters. The third kappa shape index (κ3) is 3.49. The molecule has 2 saturated heterocycles. The molecule has 0 saturated carbocycles. The first kappa shape index (κ1) is 21.1. The Hall–Kier alpha value is -2.78. The van der Waals surface area contributed by atoms with Gasteiger partial charge < -0.3 is 14.4 Å². The largest absolute Gasteiger partial charge is 0.335 e. The van der Waals surface area contributed by atoms with Gasteiger partial charge >= 0.3 is 11.1 Å². The van der Waals surface area contributed by atoms with E-state index in [0.717, 1.165) is 43.7 Å². The monoisotopic (exact) mass is 455 g/mol. The topological polar surface area (TPSA) is 89.2 Å². The van der Waals surface area contributed by atoms with Crippen molar-refractivity contribution in [1.82, 2.24) is 29.0 Å². The van der Waals surface area contributed by atoms with Crippen molar-refractivity contribution in [3.8, 4) is 0 Å². The molecule has 2 fully saturated rings. The van der Waals surface area contributed by atoms with Crippen molar-refractivity contribution in [1.29, 1.82) is 0 Å². The van der Waals surface area contributed by atoms with Crippen LogP contribution in [0.5, 0.6) is 0 Å². The number of aromatic nitrogens is 5. The summed E-state index contributed by atoms with van der Waals surface area (Å²) in [6, 6.07) is 2.02. The Labute approximate surface area is 190 Å². The van der Waals surface area contributed by atoms with E-state index in [0.29, 0.717) is 16.2 Å². The minimum Gasteiger partial charge on any atom is -0.335 e. The van der Waals surface area contributed by atoms with Crippen LogP contribution in [0.1, 0.15) is 37.3 Å². The number of nitrogens with zero attached hydrogens (tertiary/aromatic N) is 7. The first-order chi connectivity index (χ1) is 15.3. The number of piperidine rings is 1. The van der Waals surface area contributed by atoms with E-state index in [1.807, 2.05) is 26.5 Å². The van der Waals surface area contributed by atoms with Gasteiger partial charge in [-0.1, -0.05) is 11.6 Å². The van der Waals surface area contributed by atoms with E-state index in [4.69, 9.17) is 11.6 Å². The highest BCUT2D eigenvalue weighted by atomic mass is 35.5. The number of fused-ring (bicyclic) bond motifs is 3. The lowest BCUT2D eigenvalue weighted by atomic mass is 9.97. The molecular formula is C22H26ClN7O2. The lowest BCUT2D eigenvalue weighted by Gasteiger charge is -2.39. The maximum Gasteiger partial charge on any atom is 0.318 e. The van der Waals surface area contributed by atoms with Gasteiger partial charge in [0.1, 0.15) is 0 Å². The summed E-state index contributed by atoms with van der Waals surface area (Å²) in [5.74, 6) is 0.740. The number of hydrogen-bond donors (Lipinski definition) is 0. The predicted octanol–water partition coefficient (Wildman–Crippen LogP) is 1.97. The number of pyridine rings is 1. The molecule has 32 heavy (non-hydrogen) atoms. The van der Waals surface area contributed by atoms with E-state index >= 15 is 0 Å². The van der Waals surface area contributed by atoms with Crippen LogP contribution in [-0.2, 0) is 13.6 Å². The molecule has 2 aliphatic rings. The van der Waals surface area contributed by atoms with Crippen molar-refractivity contribution < 1.29 is 0 Å². The van der Waals surface area contributed by atoms with Gasteiger partial charge in [0.25, 0.3) is 0 Å². The molecule has 3 aromatic heterocycles. The lowest BCUT2D eigenvalue weighted by Crippen LogP contribution is -2.49. The van der Waals surface area contributed by atoms with E-state index < -0.39 is 11.1 Å². The predicted molar refractivity (Wildman–Crippen MR) is 123 cm³/mol. The van der Waals surface area contributed by atoms with Crippen LogP contribution in [0.4, 0.5) is 5.95 Å². The normalized spacial score (nSPS) is 22.8. The summed E-state index contributed by atoms with van der Waals surface area (Å²) in [6.45, 7) is 0.797. The smallest absolute Gasteiger partial charge is 0.318 e. The van der Waals surface area contributed by atoms with E-state index in [1.165, 1.54) is 10.8 Å². The molecule has 10 heteroatoms. The SMILES string of the molecule is CN(C)Cc1cnc(N2[C@@H]3CC[C@H]2C[C@H](n2c(=O)c(=O)n(C)c4cc(Cl)cnc42)C3)nc1. The van der Waals surface area contributed by atoms with Gasteiger partial charge in [0.2, 0.25) is 5.95 Å². The third-order valence-electron chi connectivity index (χ3n) is 6.60. The molecule has 0 aliphatic carbocycles. The molecule has 0 amide bonds. The highest BCUT2D eigenvalue weighted by Gasteiger charge is 2.43. The van der Waals surface area contributed by atoms with Crippen LogP contribution in [0, 0.1) is 0 Å². The number of hydrogen-bond acceptors (Lipinski definition) is 7. The lowest BCUT2D eigenvalue weighted by molar-refractivity contribution is 0.330. The van der Waals surface area contributed by atoms with Crippen LogP contribution in [0.3, 0.4) is 0 Å². The van der Waals surface area contributed by atoms with Crippen molar-refractivity contribution >= 4 is 28.7 Å². The fraction of sp³-hybridized carbons (Fsp3) is 0.500. The fourth-order valence-corrected chi connectivity index (χ4v) is 5.41. The Balaban J connectivity index is 1.48. The van der Waals surface area contributed by atoms with Crippen molar-refractivity contribution in [2.24, 2.45) is 7.05 Å². The van der Waals surface area contributed by atoms with Crippen LogP contribution in [-0.4, -0.2) is 55.2 Å². The van der Waals surface area contributed by atoms with Crippen molar-refractivity contribution in [2.45, 2.75) is 50.4 Å². The second-order valence-corrected chi connectivity index (χ2v) is 9.52. The molecule has 0 N–H and O–H groups in total. The van der Waals surface area contributed by atoms with Crippen molar-refractivity contribution in [3.05, 3.63) is 56.0 Å². The van der Waals surface area contributed by atoms with Gasteiger partial charge in [0.05, 0.1) is 10.5 Å². The highest BCUT2D eigenvalue weighted by Crippen LogP contribution is 2.42. The molecule has 9 nitrogen and oxygen atoms in total. The van der Waals surface area contributed by atoms with Crippen LogP contribution in [0.2, 0.25) is 5.02 Å². The van der Waals surface area contributed by atoms with E-state index in [9.17, 15) is 9.59 Å². The van der Waals surface area contributed by atoms with E-state index in [2.05, 4.69) is 24.8 Å². The standard InChI is InChI=1S/C22H26ClN7O2/c1-27(2)12-13-9-25-22(26-10-13)29-15-4-5-16(29)8-17(7-15)30-19-18(6-14(23)11-24-19)28(3)20(31)21(30)32/h6,9-11,15-17H,4-5,7-8,12H2,1-3H3/t15-,16+,17-. The van der Waals surface area contributed by atoms with Gasteiger partial charge in [-0.25, -0.2) is 15.0 Å². The summed E-state index contributed by atoms with van der Waals surface area (Å²) in [6.07, 6.45) is 8.82. The third-order valence-corrected chi connectivity index (χ3v) is 6.81. The van der Waals surface area contributed by atoms with Gasteiger partial charge in [-0.3, -0.25) is 14.2 Å². The minimum atomic E-state index is -0.559. The second-order valence-electron chi connectivity index (χ2n) is 9.08. The minimum absolute atomic E-state index is 0.102. The first-order valence-corrected chi connectivity index (χ1v) is 11.2. The average molecular weight is 456 g/mol. The zero-order valence-corrected chi connectivity index (χ0v) is 19.2. The van der Waals surface area contributed by atoms with Crippen LogP contribution in [0.25, 0.3) is 11.2 Å². The Bertz CT molecular complexity index is 1270. The second kappa shape index (κ2) is 7.97. The average Bonchev–Trinajstić information content (AvgIpc) is 3.02.